The number of piperidine rings is 2. The molecule has 2 aromatic heterocycles. The van der Waals surface area contributed by atoms with E-state index in [-0.39, 0.29) is 40.6 Å². The lowest BCUT2D eigenvalue weighted by Crippen LogP contribution is -2.61. The molecule has 1 spiro atoms. The second kappa shape index (κ2) is 14.0. The number of carbonyl (C=O) groups excluding carboxylic acids is 1. The molecule has 1 N–H and O–H groups in total. The Kier molecular flexibility index (Phi) is 9.42. The second-order valence-electron chi connectivity index (χ2n) is 15.1. The zero-order valence-corrected chi connectivity index (χ0v) is 30.2. The number of benzene rings is 2. The van der Waals surface area contributed by atoms with Crippen LogP contribution in [0.4, 0.5) is 19.0 Å². The maximum atomic E-state index is 14.0. The van der Waals surface area contributed by atoms with Crippen molar-refractivity contribution < 1.29 is 32.2 Å². The number of aromatic nitrogens is 5. The third kappa shape index (κ3) is 7.12. The number of nitrogens with one attached hydrogen (secondary N) is 1. The number of likely N-dealkylation sites (tertiary alicyclic amines) is 2. The average Bonchev–Trinajstić information content (AvgIpc) is 3.87. The first-order valence-corrected chi connectivity index (χ1v) is 18.5. The Bertz CT molecular complexity index is 2010. The standard InChI is InChI=1S/C38H45F3N8O4/c1-4-29(50)49-20-37(21-49)11-15-48(16-12-37)35-27-19-26(24-6-7-24)31(30-23(2)5-8-28-33(30)45-46-44-28)34(52-22-38(39,40)41)32(27)42-36(43-35)53-25-9-13-47(14-10-25)17-18-51-3/h4-5,8,19,24-25H,1,6-7,9-18,20-22H2,2-3H3,(H,44,45,46). The van der Waals surface area contributed by atoms with Crippen molar-refractivity contribution in [1.29, 1.82) is 0 Å². The number of nitrogens with zero attached hydrogens (tertiary/aromatic N) is 7. The van der Waals surface area contributed by atoms with E-state index >= 15 is 0 Å². The molecule has 8 rings (SSSR count). The molecule has 4 aliphatic rings. The van der Waals surface area contributed by atoms with E-state index < -0.39 is 12.8 Å². The Balaban J connectivity index is 1.25. The quantitative estimate of drug-likeness (QED) is 0.189. The van der Waals surface area contributed by atoms with Crippen LogP contribution in [0.15, 0.2) is 30.9 Å². The van der Waals surface area contributed by atoms with Crippen molar-refractivity contribution in [2.75, 3.05) is 71.0 Å². The Labute approximate surface area is 305 Å². The Hall–Kier alpha value is -4.50. The SMILES string of the molecule is C=CC(=O)N1CC2(CCN(c3nc(OC4CCN(CCOC)CC4)nc4c(OCC(F)(F)F)c(-c5c(C)ccc6n[nH]nc56)c(C5CC5)cc34)CC2)C1. The summed E-state index contributed by atoms with van der Waals surface area (Å²) in [5, 5.41) is 12.1. The number of anilines is 1. The van der Waals surface area contributed by atoms with Crippen LogP contribution in [0.1, 0.15) is 55.6 Å². The maximum Gasteiger partial charge on any atom is 0.422 e. The van der Waals surface area contributed by atoms with Crippen LogP contribution in [0.5, 0.6) is 11.8 Å². The number of carbonyl (C=O) groups is 1. The average molecular weight is 735 g/mol. The number of ether oxygens (including phenoxy) is 3. The number of amides is 1. The molecule has 0 atom stereocenters. The maximum absolute atomic E-state index is 14.0. The van der Waals surface area contributed by atoms with Gasteiger partial charge in [-0.1, -0.05) is 12.6 Å². The van der Waals surface area contributed by atoms with E-state index in [1.54, 1.807) is 7.11 Å². The van der Waals surface area contributed by atoms with E-state index in [0.29, 0.717) is 66.2 Å². The highest BCUT2D eigenvalue weighted by atomic mass is 19.4. The fourth-order valence-electron chi connectivity index (χ4n) is 8.29. The van der Waals surface area contributed by atoms with E-state index in [2.05, 4.69) is 37.9 Å². The van der Waals surface area contributed by atoms with E-state index in [9.17, 15) is 18.0 Å². The summed E-state index contributed by atoms with van der Waals surface area (Å²) in [6, 6.07) is 5.93. The minimum atomic E-state index is -4.59. The van der Waals surface area contributed by atoms with Crippen LogP contribution in [0.3, 0.4) is 0 Å². The Morgan fingerprint density at radius 2 is 1.79 bits per heavy atom. The van der Waals surface area contributed by atoms with Gasteiger partial charge in [0.25, 0.3) is 0 Å². The molecule has 5 heterocycles. The van der Waals surface area contributed by atoms with Gasteiger partial charge in [0.15, 0.2) is 12.4 Å². The van der Waals surface area contributed by atoms with Gasteiger partial charge in [0.2, 0.25) is 5.91 Å². The van der Waals surface area contributed by atoms with E-state index in [1.807, 2.05) is 24.0 Å². The summed E-state index contributed by atoms with van der Waals surface area (Å²) in [7, 11) is 1.69. The molecule has 3 aliphatic heterocycles. The lowest BCUT2D eigenvalue weighted by Gasteiger charge is -2.54. The van der Waals surface area contributed by atoms with Crippen LogP contribution >= 0.6 is 0 Å². The highest BCUT2D eigenvalue weighted by molar-refractivity contribution is 6.05. The van der Waals surface area contributed by atoms with Gasteiger partial charge in [0.05, 0.1) is 6.61 Å². The zero-order chi connectivity index (χ0) is 36.9. The topological polar surface area (TPSA) is 122 Å². The number of aryl methyl sites for hydroxylation is 1. The summed E-state index contributed by atoms with van der Waals surface area (Å²) < 4.78 is 59.8. The van der Waals surface area contributed by atoms with Crippen LogP contribution in [0.25, 0.3) is 33.1 Å². The van der Waals surface area contributed by atoms with Crippen molar-refractivity contribution in [3.05, 3.63) is 42.0 Å². The zero-order valence-electron chi connectivity index (χ0n) is 30.2. The van der Waals surface area contributed by atoms with Crippen molar-refractivity contribution in [2.24, 2.45) is 5.41 Å². The molecule has 0 radical (unpaired) electrons. The molecule has 4 aromatic rings. The summed E-state index contributed by atoms with van der Waals surface area (Å²) in [5.74, 6) is 0.744. The number of fused-ring (bicyclic) bond motifs is 2. The van der Waals surface area contributed by atoms with Crippen LogP contribution in [-0.2, 0) is 9.53 Å². The van der Waals surface area contributed by atoms with Gasteiger partial charge in [0.1, 0.15) is 28.5 Å². The number of hydrogen-bond donors (Lipinski definition) is 1. The van der Waals surface area contributed by atoms with Crippen LogP contribution in [0, 0.1) is 12.3 Å². The van der Waals surface area contributed by atoms with Gasteiger partial charge in [-0.05, 0) is 80.7 Å². The lowest BCUT2D eigenvalue weighted by atomic mass is 9.72. The van der Waals surface area contributed by atoms with Gasteiger partial charge in [-0.3, -0.25) is 4.79 Å². The molecule has 0 bridgehead atoms. The molecule has 2 aromatic carbocycles. The monoisotopic (exact) mass is 734 g/mol. The van der Waals surface area contributed by atoms with Crippen LogP contribution in [-0.4, -0.2) is 120 Å². The first-order valence-electron chi connectivity index (χ1n) is 18.5. The third-order valence-corrected chi connectivity index (χ3v) is 11.4. The van der Waals surface area contributed by atoms with Gasteiger partial charge in [-0.25, -0.2) is 0 Å². The molecule has 12 nitrogen and oxygen atoms in total. The molecule has 3 saturated heterocycles. The minimum Gasteiger partial charge on any atom is -0.481 e. The van der Waals surface area contributed by atoms with E-state index in [1.165, 1.54) is 6.08 Å². The number of hydrogen-bond acceptors (Lipinski definition) is 10. The molecule has 1 aliphatic carbocycles. The number of halogens is 3. The summed E-state index contributed by atoms with van der Waals surface area (Å²) >= 11 is 0. The summed E-state index contributed by atoms with van der Waals surface area (Å²) in [4.78, 5) is 28.5. The number of rotatable bonds is 11. The van der Waals surface area contributed by atoms with Crippen molar-refractivity contribution in [3.8, 4) is 22.9 Å². The molecule has 4 fully saturated rings. The molecule has 53 heavy (non-hydrogen) atoms. The molecule has 0 unspecified atom stereocenters. The minimum absolute atomic E-state index is 0.0231. The first-order chi connectivity index (χ1) is 25.5. The summed E-state index contributed by atoms with van der Waals surface area (Å²) in [6.45, 7) is 9.89. The van der Waals surface area contributed by atoms with Crippen molar-refractivity contribution in [2.45, 2.75) is 63.6 Å². The smallest absolute Gasteiger partial charge is 0.422 e. The van der Waals surface area contributed by atoms with Crippen LogP contribution < -0.4 is 14.4 Å². The van der Waals surface area contributed by atoms with Gasteiger partial charge in [-0.2, -0.15) is 38.5 Å². The largest absolute Gasteiger partial charge is 0.481 e. The molecular formula is C38H45F3N8O4. The van der Waals surface area contributed by atoms with Crippen molar-refractivity contribution in [1.82, 2.24) is 35.2 Å². The normalized spacial score (nSPS) is 19.6. The van der Waals surface area contributed by atoms with Gasteiger partial charge >= 0.3 is 12.2 Å². The number of H-pyrrole nitrogens is 1. The predicted octanol–water partition coefficient (Wildman–Crippen LogP) is 5.80. The summed E-state index contributed by atoms with van der Waals surface area (Å²) in [6.07, 6.45) is 1.59. The molecule has 282 valence electrons. The second-order valence-corrected chi connectivity index (χ2v) is 15.1. The number of aromatic amines is 1. The fourth-order valence-corrected chi connectivity index (χ4v) is 8.29. The van der Waals surface area contributed by atoms with Crippen molar-refractivity contribution >= 4 is 33.7 Å². The lowest BCUT2D eigenvalue weighted by molar-refractivity contribution is -0.153. The van der Waals surface area contributed by atoms with Gasteiger partial charge in [-0.15, -0.1) is 0 Å². The van der Waals surface area contributed by atoms with Gasteiger partial charge < -0.3 is 28.9 Å². The highest BCUT2D eigenvalue weighted by Crippen LogP contribution is 2.53. The van der Waals surface area contributed by atoms with E-state index in [0.717, 1.165) is 69.3 Å². The Morgan fingerprint density at radius 3 is 2.47 bits per heavy atom. The van der Waals surface area contributed by atoms with Gasteiger partial charge in [0, 0.05) is 74.9 Å². The molecule has 1 saturated carbocycles. The molecule has 1 amide bonds. The summed E-state index contributed by atoms with van der Waals surface area (Å²) in [5.41, 5.74) is 4.41. The third-order valence-electron chi connectivity index (χ3n) is 11.4. The predicted molar refractivity (Wildman–Crippen MR) is 193 cm³/mol. The molecular weight excluding hydrogens is 689 g/mol. The Morgan fingerprint density at radius 1 is 1.04 bits per heavy atom. The highest BCUT2D eigenvalue weighted by Gasteiger charge is 2.47. The fraction of sp³-hybridized carbons (Fsp3) is 0.553. The van der Waals surface area contributed by atoms with Crippen molar-refractivity contribution in [3.63, 3.8) is 0 Å². The molecule has 15 heteroatoms. The van der Waals surface area contributed by atoms with E-state index in [4.69, 9.17) is 24.2 Å². The van der Waals surface area contributed by atoms with Crippen LogP contribution in [0.2, 0.25) is 0 Å². The first kappa shape index (κ1) is 35.5. The number of methoxy groups -OCH3 is 1. The number of alkyl halides is 3.